The molecule has 17 heteroatoms. The van der Waals surface area contributed by atoms with E-state index < -0.39 is 38.2 Å². The first-order valence-corrected chi connectivity index (χ1v) is 20.2. The minimum absolute atomic E-state index is 0.129. The zero-order valence-electron chi connectivity index (χ0n) is 29.6. The SMILES string of the molecule is Cc1cnc(Nc2cccc(S(=O)(=O)NN(C(=O)OCc3ccccc3)[C@@H](Cc3ccccc3)C(=O)O)c2)nc1Nc1cccc(CNS(=O)(=O)C2CC2)c1. The van der Waals surface area contributed by atoms with Crippen LogP contribution in [0.25, 0.3) is 0 Å². The summed E-state index contributed by atoms with van der Waals surface area (Å²) in [7, 11) is -7.91. The Balaban J connectivity index is 1.18. The van der Waals surface area contributed by atoms with Crippen molar-refractivity contribution in [2.45, 2.75) is 55.5 Å². The van der Waals surface area contributed by atoms with Crippen LogP contribution in [0.4, 0.5) is 27.9 Å². The summed E-state index contributed by atoms with van der Waals surface area (Å²) in [5.41, 5.74) is 3.56. The Bertz CT molecular complexity index is 2360. The maximum atomic E-state index is 13.8. The summed E-state index contributed by atoms with van der Waals surface area (Å²) in [6.07, 6.45) is 1.49. The first-order chi connectivity index (χ1) is 26.4. The van der Waals surface area contributed by atoms with Gasteiger partial charge in [-0.15, -0.1) is 4.83 Å². The molecule has 6 rings (SSSR count). The fraction of sp³-hybridized carbons (Fsp3) is 0.211. The third-order valence-corrected chi connectivity index (χ3v) is 11.7. The van der Waals surface area contributed by atoms with E-state index in [0.717, 1.165) is 5.56 Å². The first-order valence-electron chi connectivity index (χ1n) is 17.2. The minimum Gasteiger partial charge on any atom is -0.480 e. The van der Waals surface area contributed by atoms with Crippen LogP contribution in [-0.4, -0.2) is 60.3 Å². The Morgan fingerprint density at radius 3 is 2.15 bits per heavy atom. The van der Waals surface area contributed by atoms with Gasteiger partial charge in [0.05, 0.1) is 10.1 Å². The second kappa shape index (κ2) is 17.1. The molecule has 4 aromatic carbocycles. The second-order valence-corrected chi connectivity index (χ2v) is 16.5. The maximum Gasteiger partial charge on any atom is 0.426 e. The van der Waals surface area contributed by atoms with Crippen LogP contribution < -0.4 is 20.2 Å². The summed E-state index contributed by atoms with van der Waals surface area (Å²) in [5, 5.41) is 16.6. The lowest BCUT2D eigenvalue weighted by Crippen LogP contribution is -2.55. The first kappa shape index (κ1) is 38.8. The molecule has 286 valence electrons. The number of aromatic nitrogens is 2. The van der Waals surface area contributed by atoms with Gasteiger partial charge in [-0.3, -0.25) is 0 Å². The molecule has 5 aromatic rings. The monoisotopic (exact) mass is 785 g/mol. The standard InChI is InChI=1S/C38H39N7O8S2/c1-26-23-39-37(43-35(26)41-30-15-8-14-29(20-30)24-40-54(49,50)32-18-19-32)42-31-16-9-17-33(22-31)55(51,52)44-45(38(48)53-25-28-12-6-3-7-13-28)34(36(46)47)21-27-10-4-2-5-11-27/h2-17,20,22-23,32,34,40,44H,18-19,21,24-25H2,1H3,(H,46,47)(H2,39,41,42,43)/t34-/m0/s1. The van der Waals surface area contributed by atoms with Crippen LogP contribution in [0.1, 0.15) is 35.1 Å². The van der Waals surface area contributed by atoms with Crippen molar-refractivity contribution in [2.24, 2.45) is 0 Å². The third kappa shape index (κ3) is 10.6. The number of anilines is 4. The summed E-state index contributed by atoms with van der Waals surface area (Å²) in [6, 6.07) is 28.3. The number of hydrazine groups is 1. The Hall–Kier alpha value is -5.88. The van der Waals surface area contributed by atoms with E-state index in [1.165, 1.54) is 18.2 Å². The van der Waals surface area contributed by atoms with Gasteiger partial charge < -0.3 is 20.5 Å². The predicted octanol–water partition coefficient (Wildman–Crippen LogP) is 5.38. The molecular weight excluding hydrogens is 747 g/mol. The number of carboxylic acid groups (broad SMARTS) is 1. The van der Waals surface area contributed by atoms with Crippen molar-refractivity contribution in [3.63, 3.8) is 0 Å². The lowest BCUT2D eigenvalue weighted by Gasteiger charge is -2.28. The number of hydrogen-bond donors (Lipinski definition) is 5. The van der Waals surface area contributed by atoms with Crippen LogP contribution in [0.2, 0.25) is 0 Å². The smallest absolute Gasteiger partial charge is 0.426 e. The zero-order valence-corrected chi connectivity index (χ0v) is 31.3. The van der Waals surface area contributed by atoms with Crippen LogP contribution in [-0.2, 0) is 49.2 Å². The molecule has 1 aromatic heterocycles. The number of aryl methyl sites for hydroxylation is 1. The van der Waals surface area contributed by atoms with Gasteiger partial charge in [-0.25, -0.2) is 41.1 Å². The number of amides is 1. The third-order valence-electron chi connectivity index (χ3n) is 8.49. The molecule has 0 radical (unpaired) electrons. The number of hydrogen-bond acceptors (Lipinski definition) is 11. The van der Waals surface area contributed by atoms with Crippen molar-refractivity contribution in [3.8, 4) is 0 Å². The highest BCUT2D eigenvalue weighted by Crippen LogP contribution is 2.28. The number of benzene rings is 4. The molecule has 15 nitrogen and oxygen atoms in total. The second-order valence-electron chi connectivity index (χ2n) is 12.8. The molecule has 0 saturated heterocycles. The fourth-order valence-corrected chi connectivity index (χ4v) is 7.87. The molecule has 1 saturated carbocycles. The van der Waals surface area contributed by atoms with E-state index in [0.29, 0.717) is 46.0 Å². The molecule has 1 atom stereocenters. The number of nitrogens with one attached hydrogen (secondary N) is 4. The summed E-state index contributed by atoms with van der Waals surface area (Å²) in [6.45, 7) is 1.72. The van der Waals surface area contributed by atoms with Gasteiger partial charge in [0, 0.05) is 36.1 Å². The van der Waals surface area contributed by atoms with Crippen molar-refractivity contribution in [3.05, 3.63) is 138 Å². The van der Waals surface area contributed by atoms with Crippen LogP contribution in [0, 0.1) is 6.92 Å². The number of rotatable bonds is 17. The average Bonchev–Trinajstić information content (AvgIpc) is 4.04. The highest BCUT2D eigenvalue weighted by molar-refractivity contribution is 7.90. The van der Waals surface area contributed by atoms with Crippen LogP contribution in [0.15, 0.2) is 120 Å². The summed E-state index contributed by atoms with van der Waals surface area (Å²) in [4.78, 5) is 36.7. The Morgan fingerprint density at radius 2 is 1.47 bits per heavy atom. The quantitative estimate of drug-likeness (QED) is 0.0753. The molecule has 1 heterocycles. The van der Waals surface area contributed by atoms with Gasteiger partial charge in [0.25, 0.3) is 10.0 Å². The lowest BCUT2D eigenvalue weighted by atomic mass is 10.1. The predicted molar refractivity (Wildman–Crippen MR) is 205 cm³/mol. The van der Waals surface area contributed by atoms with Gasteiger partial charge in [-0.05, 0) is 66.8 Å². The van der Waals surface area contributed by atoms with Crippen LogP contribution in [0.5, 0.6) is 0 Å². The molecule has 0 aliphatic heterocycles. The Labute approximate surface area is 318 Å². The number of ether oxygens (including phenoxy) is 1. The largest absolute Gasteiger partial charge is 0.480 e. The number of sulfonamides is 2. The Morgan fingerprint density at radius 1 is 0.836 bits per heavy atom. The van der Waals surface area contributed by atoms with E-state index in [1.807, 2.05) is 12.1 Å². The zero-order chi connectivity index (χ0) is 39.0. The molecule has 55 heavy (non-hydrogen) atoms. The normalized spacial score (nSPS) is 13.4. The van der Waals surface area contributed by atoms with Crippen molar-refractivity contribution in [1.29, 1.82) is 0 Å². The molecule has 0 spiro atoms. The number of nitrogens with zero attached hydrogens (tertiary/aromatic N) is 3. The molecule has 1 fully saturated rings. The van der Waals surface area contributed by atoms with Gasteiger partial charge in [-0.2, -0.15) is 4.98 Å². The number of carbonyl (C=O) groups excluding carboxylic acids is 1. The topological polar surface area (TPSA) is 209 Å². The van der Waals surface area contributed by atoms with E-state index in [2.05, 4.69) is 30.2 Å². The number of carboxylic acids is 1. The summed E-state index contributed by atoms with van der Waals surface area (Å²) in [5.74, 6) is -0.880. The van der Waals surface area contributed by atoms with E-state index >= 15 is 0 Å². The van der Waals surface area contributed by atoms with Crippen molar-refractivity contribution in [2.75, 3.05) is 10.6 Å². The van der Waals surface area contributed by atoms with E-state index in [-0.39, 0.29) is 41.4 Å². The van der Waals surface area contributed by atoms with Crippen molar-refractivity contribution in [1.82, 2.24) is 24.5 Å². The number of aliphatic carboxylic acids is 1. The van der Waals surface area contributed by atoms with Gasteiger partial charge in [0.15, 0.2) is 6.04 Å². The molecule has 1 aliphatic rings. The molecule has 5 N–H and O–H groups in total. The lowest BCUT2D eigenvalue weighted by molar-refractivity contribution is -0.143. The molecule has 1 aliphatic carbocycles. The average molecular weight is 786 g/mol. The maximum absolute atomic E-state index is 13.8. The van der Waals surface area contributed by atoms with Gasteiger partial charge in [-0.1, -0.05) is 78.9 Å². The highest BCUT2D eigenvalue weighted by Gasteiger charge is 2.36. The van der Waals surface area contributed by atoms with Gasteiger partial charge >= 0.3 is 12.1 Å². The minimum atomic E-state index is -4.57. The molecule has 1 amide bonds. The van der Waals surface area contributed by atoms with E-state index in [9.17, 15) is 31.5 Å². The summed E-state index contributed by atoms with van der Waals surface area (Å²) < 4.78 is 60.2. The van der Waals surface area contributed by atoms with Crippen molar-refractivity contribution >= 4 is 55.3 Å². The molecule has 0 bridgehead atoms. The fourth-order valence-electron chi connectivity index (χ4n) is 5.40. The molecule has 0 unspecified atom stereocenters. The van der Waals surface area contributed by atoms with Crippen molar-refractivity contribution < 1.29 is 36.3 Å². The van der Waals surface area contributed by atoms with Crippen LogP contribution >= 0.6 is 0 Å². The summed E-state index contributed by atoms with van der Waals surface area (Å²) >= 11 is 0. The molecular formula is C38H39N7O8S2. The van der Waals surface area contributed by atoms with E-state index in [1.54, 1.807) is 92.0 Å². The number of carbonyl (C=O) groups is 2. The van der Waals surface area contributed by atoms with Crippen LogP contribution in [0.3, 0.4) is 0 Å². The highest BCUT2D eigenvalue weighted by atomic mass is 32.2. The van der Waals surface area contributed by atoms with Gasteiger partial charge in [0.1, 0.15) is 12.4 Å². The Kier molecular flexibility index (Phi) is 12.1. The van der Waals surface area contributed by atoms with Gasteiger partial charge in [0.2, 0.25) is 16.0 Å². The van der Waals surface area contributed by atoms with E-state index in [4.69, 9.17) is 4.74 Å².